The van der Waals surface area contributed by atoms with E-state index < -0.39 is 0 Å². The van der Waals surface area contributed by atoms with Gasteiger partial charge < -0.3 is 0 Å². The first-order valence-electron chi connectivity index (χ1n) is 7.16. The summed E-state index contributed by atoms with van der Waals surface area (Å²) >= 11 is 1.46. The summed E-state index contributed by atoms with van der Waals surface area (Å²) in [4.78, 5) is 25.1. The van der Waals surface area contributed by atoms with Crippen molar-refractivity contribution in [2.45, 2.75) is 13.8 Å². The lowest BCUT2D eigenvalue weighted by Gasteiger charge is -2.02. The Morgan fingerprint density at radius 2 is 1.96 bits per heavy atom. The summed E-state index contributed by atoms with van der Waals surface area (Å²) in [5.41, 5.74) is 3.51. The van der Waals surface area contributed by atoms with E-state index in [1.807, 2.05) is 37.4 Å². The van der Waals surface area contributed by atoms with Crippen molar-refractivity contribution in [1.82, 2.24) is 15.0 Å². The fourth-order valence-corrected chi connectivity index (χ4v) is 2.86. The van der Waals surface area contributed by atoms with Crippen LogP contribution in [-0.4, -0.2) is 20.7 Å². The normalized spacial score (nSPS) is 11.0. The summed E-state index contributed by atoms with van der Waals surface area (Å²) in [6, 6.07) is 7.64. The lowest BCUT2D eigenvalue weighted by Crippen LogP contribution is -1.98. The minimum atomic E-state index is -0.0169. The van der Waals surface area contributed by atoms with Crippen LogP contribution >= 0.6 is 11.3 Å². The van der Waals surface area contributed by atoms with E-state index in [9.17, 15) is 4.79 Å². The SMILES string of the molecule is Cc1ccc(C)c(C(=O)/C=C/c2csc(-c3ncccn3)n2)c1. The Labute approximate surface area is 138 Å². The van der Waals surface area contributed by atoms with Gasteiger partial charge in [0.25, 0.3) is 0 Å². The second-order valence-corrected chi connectivity index (χ2v) is 6.02. The number of carbonyl (C=O) groups excluding carboxylic acids is 1. The minimum Gasteiger partial charge on any atom is -0.289 e. The molecular weight excluding hydrogens is 306 g/mol. The molecule has 4 nitrogen and oxygen atoms in total. The fourth-order valence-electron chi connectivity index (χ4n) is 2.13. The monoisotopic (exact) mass is 321 g/mol. The molecule has 0 fully saturated rings. The number of hydrogen-bond donors (Lipinski definition) is 0. The first-order chi connectivity index (χ1) is 11.1. The summed E-state index contributed by atoms with van der Waals surface area (Å²) in [6.45, 7) is 3.92. The largest absolute Gasteiger partial charge is 0.289 e. The van der Waals surface area contributed by atoms with Crippen molar-refractivity contribution in [3.8, 4) is 10.8 Å². The number of aryl methyl sites for hydroxylation is 2. The van der Waals surface area contributed by atoms with E-state index in [2.05, 4.69) is 15.0 Å². The van der Waals surface area contributed by atoms with E-state index in [4.69, 9.17) is 0 Å². The zero-order valence-electron chi connectivity index (χ0n) is 12.9. The first-order valence-corrected chi connectivity index (χ1v) is 8.04. The van der Waals surface area contributed by atoms with Crippen molar-refractivity contribution >= 4 is 23.2 Å². The second-order valence-electron chi connectivity index (χ2n) is 5.17. The van der Waals surface area contributed by atoms with Crippen LogP contribution in [0, 0.1) is 13.8 Å². The van der Waals surface area contributed by atoms with Crippen LogP contribution in [-0.2, 0) is 0 Å². The third-order valence-electron chi connectivity index (χ3n) is 3.34. The molecule has 3 rings (SSSR count). The van der Waals surface area contributed by atoms with Gasteiger partial charge in [-0.3, -0.25) is 4.79 Å². The number of benzene rings is 1. The number of thiazole rings is 1. The third kappa shape index (κ3) is 3.57. The van der Waals surface area contributed by atoms with Gasteiger partial charge in [-0.2, -0.15) is 0 Å². The molecule has 0 saturated heterocycles. The second kappa shape index (κ2) is 6.62. The van der Waals surface area contributed by atoms with Crippen LogP contribution < -0.4 is 0 Å². The number of ketones is 1. The predicted octanol–water partition coefficient (Wildman–Crippen LogP) is 4.11. The predicted molar refractivity (Wildman–Crippen MR) is 92.4 cm³/mol. The van der Waals surface area contributed by atoms with E-state index in [1.165, 1.54) is 11.3 Å². The maximum absolute atomic E-state index is 12.3. The van der Waals surface area contributed by atoms with Crippen molar-refractivity contribution in [3.05, 3.63) is 70.5 Å². The van der Waals surface area contributed by atoms with Gasteiger partial charge in [0.1, 0.15) is 0 Å². The quantitative estimate of drug-likeness (QED) is 0.536. The molecule has 0 unspecified atom stereocenters. The Morgan fingerprint density at radius 3 is 2.74 bits per heavy atom. The molecule has 0 atom stereocenters. The van der Waals surface area contributed by atoms with Gasteiger partial charge in [-0.15, -0.1) is 11.3 Å². The lowest BCUT2D eigenvalue weighted by molar-refractivity contribution is 0.104. The van der Waals surface area contributed by atoms with Crippen LogP contribution in [0.2, 0.25) is 0 Å². The molecule has 2 aromatic heterocycles. The number of carbonyl (C=O) groups is 1. The van der Waals surface area contributed by atoms with Crippen molar-refractivity contribution < 1.29 is 4.79 Å². The molecule has 0 spiro atoms. The average molecular weight is 321 g/mol. The van der Waals surface area contributed by atoms with E-state index in [-0.39, 0.29) is 5.78 Å². The highest BCUT2D eigenvalue weighted by atomic mass is 32.1. The van der Waals surface area contributed by atoms with E-state index in [0.29, 0.717) is 5.82 Å². The molecule has 0 aliphatic rings. The Bertz CT molecular complexity index is 869. The molecule has 0 saturated carbocycles. The van der Waals surface area contributed by atoms with Crippen molar-refractivity contribution in [2.24, 2.45) is 0 Å². The average Bonchev–Trinajstić information content (AvgIpc) is 3.05. The van der Waals surface area contributed by atoms with Gasteiger partial charge in [0.15, 0.2) is 16.6 Å². The highest BCUT2D eigenvalue weighted by molar-refractivity contribution is 7.13. The maximum Gasteiger partial charge on any atom is 0.188 e. The van der Waals surface area contributed by atoms with Crippen molar-refractivity contribution in [1.29, 1.82) is 0 Å². The Morgan fingerprint density at radius 1 is 1.17 bits per heavy atom. The standard InChI is InChI=1S/C18H15N3OS/c1-12-4-5-13(2)15(10-12)16(22)7-6-14-11-23-18(21-14)17-19-8-3-9-20-17/h3-11H,1-2H3/b7-6+. The zero-order chi connectivity index (χ0) is 16.2. The van der Waals surface area contributed by atoms with E-state index >= 15 is 0 Å². The topological polar surface area (TPSA) is 55.7 Å². The smallest absolute Gasteiger partial charge is 0.188 e. The summed E-state index contributed by atoms with van der Waals surface area (Å²) < 4.78 is 0. The molecule has 0 aliphatic carbocycles. The molecule has 1 aromatic carbocycles. The van der Waals surface area contributed by atoms with Crippen LogP contribution in [0.3, 0.4) is 0 Å². The highest BCUT2D eigenvalue weighted by Crippen LogP contribution is 2.20. The van der Waals surface area contributed by atoms with Crippen LogP contribution in [0.5, 0.6) is 0 Å². The molecule has 3 aromatic rings. The fraction of sp³-hybridized carbons (Fsp3) is 0.111. The number of rotatable bonds is 4. The summed E-state index contributed by atoms with van der Waals surface area (Å²) in [5, 5.41) is 2.63. The van der Waals surface area contributed by atoms with Crippen LogP contribution in [0.1, 0.15) is 27.2 Å². The minimum absolute atomic E-state index is 0.0169. The molecule has 0 N–H and O–H groups in total. The number of hydrogen-bond acceptors (Lipinski definition) is 5. The highest BCUT2D eigenvalue weighted by Gasteiger charge is 2.08. The van der Waals surface area contributed by atoms with Gasteiger partial charge in [-0.1, -0.05) is 17.7 Å². The molecule has 0 aliphatic heterocycles. The lowest BCUT2D eigenvalue weighted by atomic mass is 10.0. The number of aromatic nitrogens is 3. The number of allylic oxidation sites excluding steroid dienone is 1. The van der Waals surface area contributed by atoms with Gasteiger partial charge in [0.2, 0.25) is 0 Å². The third-order valence-corrected chi connectivity index (χ3v) is 4.20. The molecule has 0 bridgehead atoms. The van der Waals surface area contributed by atoms with Crippen molar-refractivity contribution in [3.63, 3.8) is 0 Å². The van der Waals surface area contributed by atoms with Crippen molar-refractivity contribution in [2.75, 3.05) is 0 Å². The van der Waals surface area contributed by atoms with Crippen LogP contribution in [0.15, 0.2) is 48.1 Å². The molecule has 0 radical (unpaired) electrons. The first kappa shape index (κ1) is 15.2. The molecule has 23 heavy (non-hydrogen) atoms. The van der Waals surface area contributed by atoms with Gasteiger partial charge >= 0.3 is 0 Å². The van der Waals surface area contributed by atoms with E-state index in [1.54, 1.807) is 30.6 Å². The Hall–Kier alpha value is -2.66. The Kier molecular flexibility index (Phi) is 4.39. The summed E-state index contributed by atoms with van der Waals surface area (Å²) in [5.74, 6) is 0.578. The summed E-state index contributed by atoms with van der Waals surface area (Å²) in [6.07, 6.45) is 6.66. The van der Waals surface area contributed by atoms with Crippen LogP contribution in [0.4, 0.5) is 0 Å². The molecule has 0 amide bonds. The maximum atomic E-state index is 12.3. The number of nitrogens with zero attached hydrogens (tertiary/aromatic N) is 3. The molecular formula is C18H15N3OS. The molecule has 5 heteroatoms. The van der Waals surface area contributed by atoms with Gasteiger partial charge in [-0.25, -0.2) is 15.0 Å². The molecule has 2 heterocycles. The van der Waals surface area contributed by atoms with Gasteiger partial charge in [0.05, 0.1) is 5.69 Å². The van der Waals surface area contributed by atoms with Gasteiger partial charge in [-0.05, 0) is 43.7 Å². The van der Waals surface area contributed by atoms with Crippen LogP contribution in [0.25, 0.3) is 16.9 Å². The zero-order valence-corrected chi connectivity index (χ0v) is 13.7. The van der Waals surface area contributed by atoms with Gasteiger partial charge in [0, 0.05) is 23.3 Å². The Balaban J connectivity index is 1.79. The molecule has 114 valence electrons. The summed E-state index contributed by atoms with van der Waals surface area (Å²) in [7, 11) is 0. The van der Waals surface area contributed by atoms with E-state index in [0.717, 1.165) is 27.4 Å².